The smallest absolute Gasteiger partial charge is 0.161 e. The fourth-order valence-corrected chi connectivity index (χ4v) is 2.36. The maximum absolute atomic E-state index is 5.71. The molecular weight excluding hydrogens is 266 g/mol. The number of benzene rings is 1. The molecule has 0 unspecified atom stereocenters. The molecule has 0 atom stereocenters. The third kappa shape index (κ3) is 3.31. The van der Waals surface area contributed by atoms with E-state index < -0.39 is 0 Å². The number of aryl methyl sites for hydroxylation is 2. The Morgan fingerprint density at radius 2 is 1.62 bits per heavy atom. The largest absolute Gasteiger partial charge is 0.493 e. The molecule has 0 amide bonds. The van der Waals surface area contributed by atoms with E-state index in [2.05, 4.69) is 9.97 Å². The van der Waals surface area contributed by atoms with Crippen molar-refractivity contribution in [3.63, 3.8) is 0 Å². The van der Waals surface area contributed by atoms with Crippen LogP contribution < -0.4 is 15.2 Å². The van der Waals surface area contributed by atoms with Crippen LogP contribution >= 0.6 is 0 Å². The van der Waals surface area contributed by atoms with Crippen LogP contribution in [-0.4, -0.2) is 24.2 Å². The lowest BCUT2D eigenvalue weighted by atomic mass is 10.1. The highest BCUT2D eigenvalue weighted by Crippen LogP contribution is 2.28. The van der Waals surface area contributed by atoms with E-state index in [1.807, 2.05) is 32.0 Å². The fraction of sp³-hybridized carbons (Fsp3) is 0.375. The maximum Gasteiger partial charge on any atom is 0.161 e. The van der Waals surface area contributed by atoms with Gasteiger partial charge in [0.25, 0.3) is 0 Å². The highest BCUT2D eigenvalue weighted by Gasteiger charge is 2.10. The summed E-state index contributed by atoms with van der Waals surface area (Å²) in [4.78, 5) is 9.07. The molecule has 0 fully saturated rings. The Labute approximate surface area is 125 Å². The third-order valence-corrected chi connectivity index (χ3v) is 3.48. The van der Waals surface area contributed by atoms with Crippen molar-refractivity contribution in [3.05, 3.63) is 46.5 Å². The third-order valence-electron chi connectivity index (χ3n) is 3.48. The summed E-state index contributed by atoms with van der Waals surface area (Å²) in [6, 6.07) is 5.83. The molecule has 112 valence electrons. The van der Waals surface area contributed by atoms with E-state index in [4.69, 9.17) is 15.2 Å². The molecule has 21 heavy (non-hydrogen) atoms. The molecule has 2 rings (SSSR count). The van der Waals surface area contributed by atoms with E-state index in [1.165, 1.54) is 0 Å². The van der Waals surface area contributed by atoms with E-state index in [1.54, 1.807) is 14.2 Å². The Hall–Kier alpha value is -2.14. The van der Waals surface area contributed by atoms with Crippen molar-refractivity contribution < 1.29 is 9.47 Å². The van der Waals surface area contributed by atoms with Gasteiger partial charge in [0.05, 0.1) is 14.2 Å². The number of nitrogens with two attached hydrogens (primary N) is 1. The minimum absolute atomic E-state index is 0.467. The van der Waals surface area contributed by atoms with Crippen molar-refractivity contribution in [3.8, 4) is 11.5 Å². The van der Waals surface area contributed by atoms with Gasteiger partial charge in [-0.1, -0.05) is 6.07 Å². The van der Waals surface area contributed by atoms with Gasteiger partial charge in [-0.25, -0.2) is 9.97 Å². The lowest BCUT2D eigenvalue weighted by Crippen LogP contribution is -2.09. The number of nitrogens with zero attached hydrogens (tertiary/aromatic N) is 2. The predicted octanol–water partition coefficient (Wildman–Crippen LogP) is 2.16. The molecule has 0 saturated heterocycles. The summed E-state index contributed by atoms with van der Waals surface area (Å²) < 4.78 is 10.6. The van der Waals surface area contributed by atoms with Crippen molar-refractivity contribution in [1.82, 2.24) is 9.97 Å². The number of rotatable bonds is 5. The van der Waals surface area contributed by atoms with Crippen molar-refractivity contribution in [2.45, 2.75) is 26.8 Å². The van der Waals surface area contributed by atoms with Crippen molar-refractivity contribution >= 4 is 0 Å². The Morgan fingerprint density at radius 1 is 1.00 bits per heavy atom. The molecule has 5 nitrogen and oxygen atoms in total. The summed E-state index contributed by atoms with van der Waals surface area (Å²) in [6.07, 6.45) is 0.646. The summed E-state index contributed by atoms with van der Waals surface area (Å²) in [5.41, 5.74) is 9.70. The first-order chi connectivity index (χ1) is 10.1. The Bertz CT molecular complexity index is 618. The highest BCUT2D eigenvalue weighted by atomic mass is 16.5. The normalized spacial score (nSPS) is 10.5. The summed E-state index contributed by atoms with van der Waals surface area (Å²) in [5, 5.41) is 0. The second-order valence-electron chi connectivity index (χ2n) is 4.86. The van der Waals surface area contributed by atoms with E-state index in [0.717, 1.165) is 28.3 Å². The molecule has 0 saturated carbocycles. The predicted molar refractivity (Wildman–Crippen MR) is 81.7 cm³/mol. The van der Waals surface area contributed by atoms with Gasteiger partial charge < -0.3 is 15.2 Å². The first kappa shape index (κ1) is 15.3. The SMILES string of the molecule is COc1ccc(Cc2nc(C)c(CN)c(C)n2)cc1OC. The van der Waals surface area contributed by atoms with Gasteiger partial charge in [0.15, 0.2) is 11.5 Å². The zero-order chi connectivity index (χ0) is 15.4. The average Bonchev–Trinajstić information content (AvgIpc) is 2.46. The van der Waals surface area contributed by atoms with Crippen LogP contribution in [-0.2, 0) is 13.0 Å². The monoisotopic (exact) mass is 287 g/mol. The van der Waals surface area contributed by atoms with Crippen molar-refractivity contribution in [1.29, 1.82) is 0 Å². The minimum atomic E-state index is 0.467. The molecule has 2 N–H and O–H groups in total. The molecule has 1 aromatic heterocycles. The van der Waals surface area contributed by atoms with Crippen LogP contribution in [0.4, 0.5) is 0 Å². The summed E-state index contributed by atoms with van der Waals surface area (Å²) in [7, 11) is 3.25. The molecule has 0 spiro atoms. The van der Waals surface area contributed by atoms with Crippen molar-refractivity contribution in [2.75, 3.05) is 14.2 Å². The number of ether oxygens (including phenoxy) is 2. The average molecular weight is 287 g/mol. The number of hydrogen-bond donors (Lipinski definition) is 1. The second-order valence-corrected chi connectivity index (χ2v) is 4.86. The van der Waals surface area contributed by atoms with Crippen LogP contribution in [0.25, 0.3) is 0 Å². The van der Waals surface area contributed by atoms with Crippen LogP contribution in [0.3, 0.4) is 0 Å². The number of aromatic nitrogens is 2. The maximum atomic E-state index is 5.71. The molecule has 5 heteroatoms. The summed E-state index contributed by atoms with van der Waals surface area (Å²) in [6.45, 7) is 4.40. The Kier molecular flexibility index (Phi) is 4.75. The lowest BCUT2D eigenvalue weighted by molar-refractivity contribution is 0.354. The van der Waals surface area contributed by atoms with Gasteiger partial charge in [-0.05, 0) is 31.5 Å². The topological polar surface area (TPSA) is 70.3 Å². The van der Waals surface area contributed by atoms with Crippen LogP contribution in [0.5, 0.6) is 11.5 Å². The van der Waals surface area contributed by atoms with Crippen LogP contribution in [0.15, 0.2) is 18.2 Å². The lowest BCUT2D eigenvalue weighted by Gasteiger charge is -2.11. The molecule has 1 aromatic carbocycles. The van der Waals surface area contributed by atoms with Gasteiger partial charge in [0.2, 0.25) is 0 Å². The van der Waals surface area contributed by atoms with Crippen molar-refractivity contribution in [2.24, 2.45) is 5.73 Å². The van der Waals surface area contributed by atoms with Gasteiger partial charge >= 0.3 is 0 Å². The first-order valence-electron chi connectivity index (χ1n) is 6.83. The van der Waals surface area contributed by atoms with E-state index in [9.17, 15) is 0 Å². The molecule has 1 heterocycles. The molecule has 2 aromatic rings. The van der Waals surface area contributed by atoms with Gasteiger partial charge in [-0.15, -0.1) is 0 Å². The quantitative estimate of drug-likeness (QED) is 0.912. The summed E-state index contributed by atoms with van der Waals surface area (Å²) in [5.74, 6) is 2.21. The Morgan fingerprint density at radius 3 is 2.14 bits per heavy atom. The molecule has 0 aliphatic heterocycles. The van der Waals surface area contributed by atoms with E-state index >= 15 is 0 Å². The van der Waals surface area contributed by atoms with Gasteiger partial charge in [-0.2, -0.15) is 0 Å². The highest BCUT2D eigenvalue weighted by molar-refractivity contribution is 5.43. The van der Waals surface area contributed by atoms with Crippen LogP contribution in [0, 0.1) is 13.8 Å². The van der Waals surface area contributed by atoms with Crippen LogP contribution in [0.2, 0.25) is 0 Å². The number of methoxy groups -OCH3 is 2. The van der Waals surface area contributed by atoms with E-state index in [-0.39, 0.29) is 0 Å². The van der Waals surface area contributed by atoms with E-state index in [0.29, 0.717) is 24.5 Å². The molecule has 0 radical (unpaired) electrons. The van der Waals surface area contributed by atoms with Gasteiger partial charge in [-0.3, -0.25) is 0 Å². The number of hydrogen-bond acceptors (Lipinski definition) is 5. The van der Waals surface area contributed by atoms with Crippen LogP contribution in [0.1, 0.15) is 28.3 Å². The zero-order valence-corrected chi connectivity index (χ0v) is 12.9. The molecule has 0 aliphatic rings. The first-order valence-corrected chi connectivity index (χ1v) is 6.83. The van der Waals surface area contributed by atoms with Gasteiger partial charge in [0.1, 0.15) is 5.82 Å². The standard InChI is InChI=1S/C16H21N3O2/c1-10-13(9-17)11(2)19-16(18-10)8-12-5-6-14(20-3)15(7-12)21-4/h5-7H,8-9,17H2,1-4H3. The molecule has 0 bridgehead atoms. The fourth-order valence-electron chi connectivity index (χ4n) is 2.36. The Balaban J connectivity index is 2.30. The van der Waals surface area contributed by atoms with Gasteiger partial charge in [0, 0.05) is 29.9 Å². The summed E-state index contributed by atoms with van der Waals surface area (Å²) >= 11 is 0. The second kappa shape index (κ2) is 6.54. The molecular formula is C16H21N3O2. The minimum Gasteiger partial charge on any atom is -0.493 e. The zero-order valence-electron chi connectivity index (χ0n) is 12.9. The molecule has 0 aliphatic carbocycles.